The van der Waals surface area contributed by atoms with Crippen LogP contribution in [0.4, 0.5) is 5.69 Å². The molecule has 2 aromatic rings. The first-order chi connectivity index (χ1) is 13.4. The number of sulfonamides is 1. The second kappa shape index (κ2) is 8.43. The van der Waals surface area contributed by atoms with Crippen LogP contribution >= 0.6 is 0 Å². The summed E-state index contributed by atoms with van der Waals surface area (Å²) >= 11 is 0. The van der Waals surface area contributed by atoms with E-state index in [1.165, 1.54) is 35.6 Å². The van der Waals surface area contributed by atoms with E-state index in [0.717, 1.165) is 25.9 Å². The van der Waals surface area contributed by atoms with Crippen LogP contribution in [0.15, 0.2) is 59.5 Å². The fourth-order valence-corrected chi connectivity index (χ4v) is 4.24. The van der Waals surface area contributed by atoms with Crippen LogP contribution < -0.4 is 9.62 Å². The molecular weight excluding hydrogens is 378 g/mol. The summed E-state index contributed by atoms with van der Waals surface area (Å²) in [5.41, 5.74) is 0.847. The summed E-state index contributed by atoms with van der Waals surface area (Å²) in [4.78, 5) is 26.1. The number of hydrogen-bond acceptors (Lipinski definition) is 4. The Balaban J connectivity index is 1.65. The highest BCUT2D eigenvalue weighted by molar-refractivity contribution is 7.92. The molecule has 1 aliphatic rings. The number of rotatable bonds is 6. The van der Waals surface area contributed by atoms with Crippen LogP contribution in [0.3, 0.4) is 0 Å². The van der Waals surface area contributed by atoms with Crippen molar-refractivity contribution in [3.05, 3.63) is 60.2 Å². The van der Waals surface area contributed by atoms with Crippen LogP contribution in [-0.4, -0.2) is 51.8 Å². The van der Waals surface area contributed by atoms with Crippen LogP contribution in [0.2, 0.25) is 0 Å². The van der Waals surface area contributed by atoms with Crippen LogP contribution in [0.1, 0.15) is 23.2 Å². The summed E-state index contributed by atoms with van der Waals surface area (Å²) in [6.45, 7) is 1.40. The zero-order valence-electron chi connectivity index (χ0n) is 15.7. The monoisotopic (exact) mass is 401 g/mol. The van der Waals surface area contributed by atoms with E-state index < -0.39 is 15.9 Å². The molecule has 28 heavy (non-hydrogen) atoms. The van der Waals surface area contributed by atoms with Crippen molar-refractivity contribution in [2.24, 2.45) is 0 Å². The number of amides is 2. The Bertz CT molecular complexity index is 937. The maximum Gasteiger partial charge on any atom is 0.264 e. The van der Waals surface area contributed by atoms with E-state index in [-0.39, 0.29) is 17.3 Å². The zero-order valence-corrected chi connectivity index (χ0v) is 16.5. The van der Waals surface area contributed by atoms with Crippen molar-refractivity contribution < 1.29 is 18.0 Å². The Morgan fingerprint density at radius 3 is 2.21 bits per heavy atom. The molecule has 1 N–H and O–H groups in total. The number of likely N-dealkylation sites (tertiary alicyclic amines) is 1. The maximum atomic E-state index is 12.8. The van der Waals surface area contributed by atoms with Crippen molar-refractivity contribution >= 4 is 27.5 Å². The zero-order chi connectivity index (χ0) is 20.1. The first kappa shape index (κ1) is 19.9. The lowest BCUT2D eigenvalue weighted by Crippen LogP contribution is -2.38. The van der Waals surface area contributed by atoms with Gasteiger partial charge in [-0.15, -0.1) is 0 Å². The molecule has 0 saturated carbocycles. The third-order valence-electron chi connectivity index (χ3n) is 4.75. The third-order valence-corrected chi connectivity index (χ3v) is 6.55. The minimum atomic E-state index is -3.73. The summed E-state index contributed by atoms with van der Waals surface area (Å²) in [6.07, 6.45) is 1.99. The van der Waals surface area contributed by atoms with E-state index in [0.29, 0.717) is 11.3 Å². The number of carbonyl (C=O) groups is 2. The fourth-order valence-electron chi connectivity index (χ4n) is 3.05. The number of hydrogen-bond donors (Lipinski definition) is 1. The highest BCUT2D eigenvalue weighted by atomic mass is 32.2. The average molecular weight is 401 g/mol. The van der Waals surface area contributed by atoms with E-state index in [1.807, 2.05) is 6.07 Å². The Hall–Kier alpha value is -2.87. The summed E-state index contributed by atoms with van der Waals surface area (Å²) in [5, 5.41) is 2.59. The number of nitrogens with zero attached hydrogens (tertiary/aromatic N) is 2. The molecule has 1 heterocycles. The molecule has 1 fully saturated rings. The molecule has 8 heteroatoms. The normalized spacial score (nSPS) is 14.0. The van der Waals surface area contributed by atoms with Crippen molar-refractivity contribution in [2.75, 3.05) is 31.0 Å². The number of benzene rings is 2. The van der Waals surface area contributed by atoms with Crippen molar-refractivity contribution in [2.45, 2.75) is 17.7 Å². The molecule has 3 rings (SSSR count). The molecule has 0 atom stereocenters. The molecule has 0 aromatic heterocycles. The van der Waals surface area contributed by atoms with Gasteiger partial charge in [-0.05, 0) is 49.2 Å². The second-order valence-corrected chi connectivity index (χ2v) is 8.57. The van der Waals surface area contributed by atoms with Crippen molar-refractivity contribution in [1.82, 2.24) is 10.2 Å². The van der Waals surface area contributed by atoms with Gasteiger partial charge in [0, 0.05) is 25.7 Å². The Morgan fingerprint density at radius 2 is 1.61 bits per heavy atom. The summed E-state index contributed by atoms with van der Waals surface area (Å²) in [7, 11) is -2.25. The molecule has 0 spiro atoms. The highest BCUT2D eigenvalue weighted by Crippen LogP contribution is 2.21. The first-order valence-corrected chi connectivity index (χ1v) is 10.5. The molecule has 2 amide bonds. The lowest BCUT2D eigenvalue weighted by atomic mass is 10.2. The standard InChI is InChI=1S/C20H23N3O4S/c1-22(17-7-3-2-4-8-17)28(26,27)18-11-9-16(10-12-18)20(25)21-15-19(24)23-13-5-6-14-23/h2-4,7-12H,5-6,13-15H2,1H3,(H,21,25). The quantitative estimate of drug-likeness (QED) is 0.801. The number of anilines is 1. The third kappa shape index (κ3) is 4.33. The van der Waals surface area contributed by atoms with Gasteiger partial charge in [0.1, 0.15) is 0 Å². The number of carbonyl (C=O) groups excluding carboxylic acids is 2. The topological polar surface area (TPSA) is 86.8 Å². The van der Waals surface area contributed by atoms with E-state index in [2.05, 4.69) is 5.32 Å². The van der Waals surface area contributed by atoms with E-state index in [4.69, 9.17) is 0 Å². The second-order valence-electron chi connectivity index (χ2n) is 6.60. The molecule has 7 nitrogen and oxygen atoms in total. The average Bonchev–Trinajstić information content (AvgIpc) is 3.27. The predicted molar refractivity (Wildman–Crippen MR) is 107 cm³/mol. The molecule has 0 bridgehead atoms. The van der Waals surface area contributed by atoms with Gasteiger partial charge in [0.2, 0.25) is 5.91 Å². The van der Waals surface area contributed by atoms with E-state index in [1.54, 1.807) is 29.2 Å². The van der Waals surface area contributed by atoms with Gasteiger partial charge >= 0.3 is 0 Å². The summed E-state index contributed by atoms with van der Waals surface area (Å²) in [6, 6.07) is 14.4. The number of nitrogens with one attached hydrogen (secondary N) is 1. The van der Waals surface area contributed by atoms with Gasteiger partial charge < -0.3 is 10.2 Å². The largest absolute Gasteiger partial charge is 0.343 e. The van der Waals surface area contributed by atoms with Gasteiger partial charge in [0.05, 0.1) is 17.1 Å². The Morgan fingerprint density at radius 1 is 1.00 bits per heavy atom. The van der Waals surface area contributed by atoms with Gasteiger partial charge in [-0.25, -0.2) is 8.42 Å². The maximum absolute atomic E-state index is 12.8. The molecule has 0 unspecified atom stereocenters. The minimum absolute atomic E-state index is 0.0599. The Labute approximate surface area is 165 Å². The highest BCUT2D eigenvalue weighted by Gasteiger charge is 2.22. The predicted octanol–water partition coefficient (Wildman–Crippen LogP) is 1.86. The lowest BCUT2D eigenvalue weighted by Gasteiger charge is -2.19. The Kier molecular flexibility index (Phi) is 5.99. The summed E-state index contributed by atoms with van der Waals surface area (Å²) < 4.78 is 26.7. The van der Waals surface area contributed by atoms with Gasteiger partial charge in [-0.3, -0.25) is 13.9 Å². The SMILES string of the molecule is CN(c1ccccc1)S(=O)(=O)c1ccc(C(=O)NCC(=O)N2CCCC2)cc1. The van der Waals surface area contributed by atoms with Crippen molar-refractivity contribution in [1.29, 1.82) is 0 Å². The van der Waals surface area contributed by atoms with Crippen LogP contribution in [0.5, 0.6) is 0 Å². The van der Waals surface area contributed by atoms with Gasteiger partial charge in [0.25, 0.3) is 15.9 Å². The molecule has 1 aliphatic heterocycles. The lowest BCUT2D eigenvalue weighted by molar-refractivity contribution is -0.129. The molecule has 2 aromatic carbocycles. The van der Waals surface area contributed by atoms with Crippen LogP contribution in [-0.2, 0) is 14.8 Å². The minimum Gasteiger partial charge on any atom is -0.343 e. The van der Waals surface area contributed by atoms with E-state index in [9.17, 15) is 18.0 Å². The molecule has 148 valence electrons. The van der Waals surface area contributed by atoms with Gasteiger partial charge in [-0.1, -0.05) is 18.2 Å². The first-order valence-electron chi connectivity index (χ1n) is 9.09. The van der Waals surface area contributed by atoms with Crippen molar-refractivity contribution in [3.63, 3.8) is 0 Å². The molecule has 0 aliphatic carbocycles. The van der Waals surface area contributed by atoms with E-state index >= 15 is 0 Å². The van der Waals surface area contributed by atoms with Crippen LogP contribution in [0, 0.1) is 0 Å². The van der Waals surface area contributed by atoms with Crippen molar-refractivity contribution in [3.8, 4) is 0 Å². The smallest absolute Gasteiger partial charge is 0.264 e. The van der Waals surface area contributed by atoms with Gasteiger partial charge in [-0.2, -0.15) is 0 Å². The fraction of sp³-hybridized carbons (Fsp3) is 0.300. The molecule has 1 saturated heterocycles. The molecular formula is C20H23N3O4S. The summed E-state index contributed by atoms with van der Waals surface area (Å²) in [5.74, 6) is -0.512. The number of para-hydroxylation sites is 1. The van der Waals surface area contributed by atoms with Gasteiger partial charge in [0.15, 0.2) is 0 Å². The molecule has 0 radical (unpaired) electrons. The van der Waals surface area contributed by atoms with Crippen LogP contribution in [0.25, 0.3) is 0 Å².